The molecule has 1 N–H and O–H groups in total. The van der Waals surface area contributed by atoms with Gasteiger partial charge in [0.05, 0.1) is 12.0 Å². The number of carbonyl (C=O) groups is 3. The first-order valence-electron chi connectivity index (χ1n) is 6.49. The molecule has 0 aromatic rings. The minimum Gasteiger partial charge on any atom is -0.480 e. The molecule has 1 rings (SSSR count). The Hall–Kier alpha value is -1.44. The number of esters is 1. The van der Waals surface area contributed by atoms with E-state index in [0.717, 1.165) is 0 Å². The highest BCUT2D eigenvalue weighted by Crippen LogP contribution is 2.29. The van der Waals surface area contributed by atoms with Crippen molar-refractivity contribution in [2.45, 2.75) is 32.2 Å². The zero-order valence-electron chi connectivity index (χ0n) is 11.9. The van der Waals surface area contributed by atoms with Crippen molar-refractivity contribution in [3.8, 4) is 0 Å². The van der Waals surface area contributed by atoms with E-state index < -0.39 is 24.0 Å². The van der Waals surface area contributed by atoms with Gasteiger partial charge in [-0.05, 0) is 20.8 Å². The molecule has 0 spiro atoms. The molecule has 1 saturated heterocycles. The van der Waals surface area contributed by atoms with Crippen LogP contribution in [-0.2, 0) is 14.3 Å². The minimum absolute atomic E-state index is 0.163. The molecule has 2 unspecified atom stereocenters. The van der Waals surface area contributed by atoms with Crippen molar-refractivity contribution in [3.63, 3.8) is 0 Å². The molecule has 1 aliphatic heterocycles. The van der Waals surface area contributed by atoms with E-state index >= 15 is 0 Å². The van der Waals surface area contributed by atoms with Crippen LogP contribution >= 0.6 is 11.8 Å². The lowest BCUT2D eigenvalue weighted by Gasteiger charge is -2.31. The second-order valence-corrected chi connectivity index (χ2v) is 5.64. The van der Waals surface area contributed by atoms with Crippen molar-refractivity contribution in [2.75, 3.05) is 25.4 Å². The number of thioether (sulfide) groups is 1. The predicted molar refractivity (Wildman–Crippen MR) is 74.5 cm³/mol. The number of amides is 2. The van der Waals surface area contributed by atoms with Gasteiger partial charge >= 0.3 is 18.0 Å². The Morgan fingerprint density at radius 2 is 2.05 bits per heavy atom. The standard InChI is InChI=1S/C12H20N2O5S/c1-4-13(6-10(15)19-5-2)12(18)14-8(3)20-7-9(14)11(16)17/h8-9H,4-7H2,1-3H3,(H,16,17). The summed E-state index contributed by atoms with van der Waals surface area (Å²) in [5, 5.41) is 8.93. The number of rotatable bonds is 5. The highest BCUT2D eigenvalue weighted by atomic mass is 32.2. The predicted octanol–water partition coefficient (Wildman–Crippen LogP) is 0.839. The van der Waals surface area contributed by atoms with Crippen LogP contribution < -0.4 is 0 Å². The largest absolute Gasteiger partial charge is 0.480 e. The summed E-state index contributed by atoms with van der Waals surface area (Å²) in [5.74, 6) is -1.16. The maximum absolute atomic E-state index is 12.4. The first-order chi connectivity index (χ1) is 9.42. The van der Waals surface area contributed by atoms with Gasteiger partial charge < -0.3 is 14.7 Å². The van der Waals surface area contributed by atoms with Crippen LogP contribution in [0.1, 0.15) is 20.8 Å². The van der Waals surface area contributed by atoms with Gasteiger partial charge in [0, 0.05) is 12.3 Å². The molecule has 0 radical (unpaired) electrons. The summed E-state index contributed by atoms with van der Waals surface area (Å²) in [6.07, 6.45) is 0. The molecule has 2 atom stereocenters. The molecule has 2 amide bonds. The lowest BCUT2D eigenvalue weighted by atomic mass is 10.3. The molecular weight excluding hydrogens is 284 g/mol. The summed E-state index contributed by atoms with van der Waals surface area (Å²) in [6, 6.07) is -1.29. The average Bonchev–Trinajstić information content (AvgIpc) is 2.77. The van der Waals surface area contributed by atoms with Crippen LogP contribution in [0, 0.1) is 0 Å². The normalized spacial score (nSPS) is 21.6. The molecular formula is C12H20N2O5S. The van der Waals surface area contributed by atoms with Crippen LogP contribution in [0.25, 0.3) is 0 Å². The first kappa shape index (κ1) is 16.6. The fraction of sp³-hybridized carbons (Fsp3) is 0.750. The van der Waals surface area contributed by atoms with Crippen LogP contribution in [0.15, 0.2) is 0 Å². The number of ether oxygens (including phenoxy) is 1. The summed E-state index contributed by atoms with van der Waals surface area (Å²) in [6.45, 7) is 5.61. The van der Waals surface area contributed by atoms with Gasteiger partial charge in [-0.1, -0.05) is 0 Å². The molecule has 1 fully saturated rings. The number of likely N-dealkylation sites (N-methyl/N-ethyl adjacent to an activating group) is 1. The van der Waals surface area contributed by atoms with Gasteiger partial charge in [-0.3, -0.25) is 9.69 Å². The zero-order valence-corrected chi connectivity index (χ0v) is 12.7. The van der Waals surface area contributed by atoms with Gasteiger partial charge in [-0.2, -0.15) is 0 Å². The van der Waals surface area contributed by atoms with Crippen molar-refractivity contribution in [3.05, 3.63) is 0 Å². The number of hydrogen-bond acceptors (Lipinski definition) is 5. The van der Waals surface area contributed by atoms with Crippen molar-refractivity contribution in [1.29, 1.82) is 0 Å². The third-order valence-electron chi connectivity index (χ3n) is 3.01. The Kier molecular flexibility index (Phi) is 6.12. The maximum Gasteiger partial charge on any atom is 0.327 e. The first-order valence-corrected chi connectivity index (χ1v) is 7.54. The molecule has 1 aliphatic rings. The molecule has 0 aliphatic carbocycles. The summed E-state index contributed by atoms with van der Waals surface area (Å²) in [4.78, 5) is 37.7. The number of carboxylic acids is 1. The van der Waals surface area contributed by atoms with Gasteiger partial charge in [-0.25, -0.2) is 9.59 Å². The fourth-order valence-corrected chi connectivity index (χ4v) is 3.13. The number of nitrogens with zero attached hydrogens (tertiary/aromatic N) is 2. The van der Waals surface area contributed by atoms with Crippen molar-refractivity contribution < 1.29 is 24.2 Å². The van der Waals surface area contributed by atoms with E-state index in [9.17, 15) is 14.4 Å². The lowest BCUT2D eigenvalue weighted by molar-refractivity contribution is -0.143. The average molecular weight is 304 g/mol. The van der Waals surface area contributed by atoms with Gasteiger partial charge in [0.25, 0.3) is 0 Å². The Morgan fingerprint density at radius 1 is 1.40 bits per heavy atom. The third-order valence-corrected chi connectivity index (χ3v) is 4.22. The molecule has 0 aromatic carbocycles. The van der Waals surface area contributed by atoms with Crippen molar-refractivity contribution in [2.24, 2.45) is 0 Å². The number of aliphatic carboxylic acids is 1. The molecule has 1 heterocycles. The maximum atomic E-state index is 12.4. The molecule has 7 nitrogen and oxygen atoms in total. The van der Waals surface area contributed by atoms with E-state index in [-0.39, 0.29) is 18.5 Å². The highest BCUT2D eigenvalue weighted by Gasteiger charge is 2.41. The second-order valence-electron chi connectivity index (χ2n) is 4.30. The van der Waals surface area contributed by atoms with Gasteiger partial charge in [0.15, 0.2) is 0 Å². The Morgan fingerprint density at radius 3 is 2.55 bits per heavy atom. The van der Waals surface area contributed by atoms with Crippen molar-refractivity contribution >= 4 is 29.7 Å². The molecule has 0 saturated carbocycles. The summed E-state index contributed by atoms with van der Waals surface area (Å²) >= 11 is 1.41. The van der Waals surface area contributed by atoms with Crippen LogP contribution in [0.3, 0.4) is 0 Å². The third kappa shape index (κ3) is 3.78. The highest BCUT2D eigenvalue weighted by molar-refractivity contribution is 8.00. The van der Waals surface area contributed by atoms with E-state index in [1.807, 2.05) is 0 Å². The van der Waals surface area contributed by atoms with Crippen LogP contribution in [0.5, 0.6) is 0 Å². The molecule has 20 heavy (non-hydrogen) atoms. The van der Waals surface area contributed by atoms with Crippen LogP contribution in [0.4, 0.5) is 4.79 Å². The lowest BCUT2D eigenvalue weighted by Crippen LogP contribution is -2.52. The molecule has 114 valence electrons. The summed E-state index contributed by atoms with van der Waals surface area (Å²) in [5.41, 5.74) is 0. The second kappa shape index (κ2) is 7.37. The molecule has 8 heteroatoms. The summed E-state index contributed by atoms with van der Waals surface area (Å²) in [7, 11) is 0. The van der Waals surface area contributed by atoms with E-state index in [2.05, 4.69) is 0 Å². The van der Waals surface area contributed by atoms with E-state index in [0.29, 0.717) is 12.3 Å². The Labute approximate surface area is 122 Å². The Balaban J connectivity index is 2.78. The minimum atomic E-state index is -1.03. The quantitative estimate of drug-likeness (QED) is 0.757. The van der Waals surface area contributed by atoms with Gasteiger partial charge in [0.1, 0.15) is 12.6 Å². The molecule has 0 aromatic heterocycles. The Bertz CT molecular complexity index is 390. The zero-order chi connectivity index (χ0) is 15.3. The smallest absolute Gasteiger partial charge is 0.327 e. The topological polar surface area (TPSA) is 87.2 Å². The summed E-state index contributed by atoms with van der Waals surface area (Å²) < 4.78 is 4.82. The van der Waals surface area contributed by atoms with Crippen LogP contribution in [-0.4, -0.2) is 69.7 Å². The van der Waals surface area contributed by atoms with Crippen LogP contribution in [0.2, 0.25) is 0 Å². The van der Waals surface area contributed by atoms with E-state index in [1.54, 1.807) is 20.8 Å². The fourth-order valence-electron chi connectivity index (χ4n) is 1.96. The number of carboxylic acid groups (broad SMARTS) is 1. The molecule has 0 bridgehead atoms. The van der Waals surface area contributed by atoms with Gasteiger partial charge in [0.2, 0.25) is 0 Å². The number of carbonyl (C=O) groups excluding carboxylic acids is 2. The van der Waals surface area contributed by atoms with E-state index in [4.69, 9.17) is 9.84 Å². The van der Waals surface area contributed by atoms with E-state index in [1.165, 1.54) is 21.6 Å². The van der Waals surface area contributed by atoms with Crippen molar-refractivity contribution in [1.82, 2.24) is 9.80 Å². The number of hydrogen-bond donors (Lipinski definition) is 1. The van der Waals surface area contributed by atoms with Gasteiger partial charge in [-0.15, -0.1) is 11.8 Å². The SMILES string of the molecule is CCOC(=O)CN(CC)C(=O)N1C(C)SCC1C(=O)O. The number of urea groups is 1. The monoisotopic (exact) mass is 304 g/mol.